The Morgan fingerprint density at radius 3 is 1.74 bits per heavy atom. The van der Waals surface area contributed by atoms with Gasteiger partial charge in [0.1, 0.15) is 0 Å². The molecule has 1 amide bonds. The molecule has 0 bridgehead atoms. The van der Waals surface area contributed by atoms with Gasteiger partial charge in [-0.3, -0.25) is 4.79 Å². The van der Waals surface area contributed by atoms with Gasteiger partial charge in [-0.1, -0.05) is 73.3 Å². The van der Waals surface area contributed by atoms with Crippen LogP contribution in [0.2, 0.25) is 0 Å². The van der Waals surface area contributed by atoms with Gasteiger partial charge in [0.2, 0.25) is 5.91 Å². The lowest BCUT2D eigenvalue weighted by Gasteiger charge is -1.88. The van der Waals surface area contributed by atoms with Gasteiger partial charge in [-0.15, -0.1) is 0 Å². The SMILES string of the molecule is C=Cc1ccccc1.NC(=O)C=Cc1ccccc1. The van der Waals surface area contributed by atoms with Gasteiger partial charge in [0.25, 0.3) is 0 Å². The fraction of sp³-hybridized carbons (Fsp3) is 0. The molecule has 2 rings (SSSR count). The molecule has 0 heterocycles. The summed E-state index contributed by atoms with van der Waals surface area (Å²) in [5.41, 5.74) is 7.07. The van der Waals surface area contributed by atoms with Crippen LogP contribution in [-0.4, -0.2) is 5.91 Å². The average Bonchev–Trinajstić information content (AvgIpc) is 2.48. The summed E-state index contributed by atoms with van der Waals surface area (Å²) in [7, 11) is 0. The van der Waals surface area contributed by atoms with Crippen LogP contribution in [0, 0.1) is 0 Å². The van der Waals surface area contributed by atoms with Crippen LogP contribution in [0.4, 0.5) is 0 Å². The Kier molecular flexibility index (Phi) is 6.45. The second-order valence-corrected chi connectivity index (χ2v) is 3.76. The monoisotopic (exact) mass is 251 g/mol. The van der Waals surface area contributed by atoms with Crippen LogP contribution < -0.4 is 5.73 Å². The van der Waals surface area contributed by atoms with Crippen LogP contribution in [0.5, 0.6) is 0 Å². The topological polar surface area (TPSA) is 43.1 Å². The molecule has 0 fully saturated rings. The highest BCUT2D eigenvalue weighted by molar-refractivity contribution is 5.90. The largest absolute Gasteiger partial charge is 0.366 e. The summed E-state index contributed by atoms with van der Waals surface area (Å²) in [5.74, 6) is -0.422. The second kappa shape index (κ2) is 8.48. The van der Waals surface area contributed by atoms with E-state index in [1.54, 1.807) is 6.08 Å². The van der Waals surface area contributed by atoms with E-state index < -0.39 is 5.91 Å². The van der Waals surface area contributed by atoms with Gasteiger partial charge in [-0.25, -0.2) is 0 Å². The number of hydrogen-bond donors (Lipinski definition) is 1. The van der Waals surface area contributed by atoms with Crippen LogP contribution in [0.1, 0.15) is 11.1 Å². The number of carbonyl (C=O) groups excluding carboxylic acids is 1. The van der Waals surface area contributed by atoms with Crippen molar-refractivity contribution in [2.45, 2.75) is 0 Å². The first kappa shape index (κ1) is 14.5. The van der Waals surface area contributed by atoms with Crippen molar-refractivity contribution < 1.29 is 4.79 Å². The van der Waals surface area contributed by atoms with Crippen molar-refractivity contribution in [3.63, 3.8) is 0 Å². The van der Waals surface area contributed by atoms with Gasteiger partial charge in [-0.2, -0.15) is 0 Å². The zero-order valence-corrected chi connectivity index (χ0v) is 10.7. The lowest BCUT2D eigenvalue weighted by atomic mass is 10.2. The predicted molar refractivity (Wildman–Crippen MR) is 81.2 cm³/mol. The number of hydrogen-bond acceptors (Lipinski definition) is 1. The summed E-state index contributed by atoms with van der Waals surface area (Å²) in [5, 5.41) is 0. The summed E-state index contributed by atoms with van der Waals surface area (Å²) >= 11 is 0. The number of amides is 1. The van der Waals surface area contributed by atoms with E-state index in [1.165, 1.54) is 11.6 Å². The highest BCUT2D eigenvalue weighted by Crippen LogP contribution is 1.99. The standard InChI is InChI=1S/C9H9NO.C8H8/c10-9(11)7-6-8-4-2-1-3-5-8;1-2-8-6-4-3-5-7-8/h1-7H,(H2,10,11);2-7H,1H2. The Labute approximate surface area is 113 Å². The number of rotatable bonds is 3. The van der Waals surface area contributed by atoms with E-state index in [1.807, 2.05) is 66.7 Å². The third-order valence-electron chi connectivity index (χ3n) is 2.27. The third kappa shape index (κ3) is 6.64. The Morgan fingerprint density at radius 1 is 0.895 bits per heavy atom. The molecule has 0 spiro atoms. The van der Waals surface area contributed by atoms with E-state index in [0.717, 1.165) is 5.56 Å². The van der Waals surface area contributed by atoms with Crippen LogP contribution in [0.25, 0.3) is 12.2 Å². The summed E-state index contributed by atoms with van der Waals surface area (Å²) in [4.78, 5) is 10.3. The van der Waals surface area contributed by atoms with Crippen molar-refractivity contribution in [2.75, 3.05) is 0 Å². The zero-order valence-electron chi connectivity index (χ0n) is 10.7. The number of carbonyl (C=O) groups is 1. The summed E-state index contributed by atoms with van der Waals surface area (Å²) in [6, 6.07) is 19.6. The van der Waals surface area contributed by atoms with Crippen LogP contribution in [0.3, 0.4) is 0 Å². The minimum atomic E-state index is -0.422. The highest BCUT2D eigenvalue weighted by atomic mass is 16.1. The first-order valence-corrected chi connectivity index (χ1v) is 5.92. The van der Waals surface area contributed by atoms with Crippen LogP contribution in [-0.2, 0) is 4.79 Å². The summed E-state index contributed by atoms with van der Waals surface area (Å²) in [6.45, 7) is 3.63. The van der Waals surface area contributed by atoms with Gasteiger partial charge >= 0.3 is 0 Å². The van der Waals surface area contributed by atoms with Crippen molar-refractivity contribution in [1.82, 2.24) is 0 Å². The molecule has 2 N–H and O–H groups in total. The molecule has 0 saturated carbocycles. The summed E-state index contributed by atoms with van der Waals surface area (Å²) in [6.07, 6.45) is 4.86. The first-order valence-electron chi connectivity index (χ1n) is 5.92. The molecule has 0 aliphatic heterocycles. The average molecular weight is 251 g/mol. The molecule has 0 radical (unpaired) electrons. The molecule has 19 heavy (non-hydrogen) atoms. The van der Waals surface area contributed by atoms with Crippen LogP contribution >= 0.6 is 0 Å². The van der Waals surface area contributed by atoms with Gasteiger partial charge in [-0.05, 0) is 17.2 Å². The van der Waals surface area contributed by atoms with Crippen molar-refractivity contribution >= 4 is 18.1 Å². The van der Waals surface area contributed by atoms with E-state index in [2.05, 4.69) is 6.58 Å². The molecular weight excluding hydrogens is 234 g/mol. The minimum absolute atomic E-state index is 0.422. The Balaban J connectivity index is 0.000000200. The maximum absolute atomic E-state index is 10.3. The van der Waals surface area contributed by atoms with E-state index in [9.17, 15) is 4.79 Å². The number of primary amides is 1. The molecule has 0 unspecified atom stereocenters. The van der Waals surface area contributed by atoms with Crippen molar-refractivity contribution in [3.8, 4) is 0 Å². The first-order chi connectivity index (χ1) is 9.22. The van der Waals surface area contributed by atoms with Crippen molar-refractivity contribution in [1.29, 1.82) is 0 Å². The number of benzene rings is 2. The van der Waals surface area contributed by atoms with Crippen molar-refractivity contribution in [2.24, 2.45) is 5.73 Å². The van der Waals surface area contributed by atoms with Gasteiger partial charge in [0.15, 0.2) is 0 Å². The van der Waals surface area contributed by atoms with E-state index in [-0.39, 0.29) is 0 Å². The summed E-state index contributed by atoms with van der Waals surface area (Å²) < 4.78 is 0. The minimum Gasteiger partial charge on any atom is -0.366 e. The smallest absolute Gasteiger partial charge is 0.241 e. The Morgan fingerprint density at radius 2 is 1.37 bits per heavy atom. The van der Waals surface area contributed by atoms with E-state index in [0.29, 0.717) is 0 Å². The normalized spacial score (nSPS) is 9.47. The molecule has 0 aromatic heterocycles. The van der Waals surface area contributed by atoms with Gasteiger partial charge in [0, 0.05) is 6.08 Å². The quantitative estimate of drug-likeness (QED) is 0.833. The Hall–Kier alpha value is -2.61. The third-order valence-corrected chi connectivity index (χ3v) is 2.27. The van der Waals surface area contributed by atoms with Crippen LogP contribution in [0.15, 0.2) is 73.3 Å². The number of nitrogens with two attached hydrogens (primary N) is 1. The maximum Gasteiger partial charge on any atom is 0.241 e. The van der Waals surface area contributed by atoms with E-state index >= 15 is 0 Å². The zero-order chi connectivity index (χ0) is 13.9. The maximum atomic E-state index is 10.3. The van der Waals surface area contributed by atoms with Gasteiger partial charge < -0.3 is 5.73 Å². The molecule has 0 aliphatic carbocycles. The lowest BCUT2D eigenvalue weighted by Crippen LogP contribution is -2.04. The van der Waals surface area contributed by atoms with Crippen molar-refractivity contribution in [3.05, 3.63) is 84.4 Å². The molecular formula is C17H17NO. The fourth-order valence-electron chi connectivity index (χ4n) is 1.33. The highest BCUT2D eigenvalue weighted by Gasteiger charge is 1.84. The second-order valence-electron chi connectivity index (χ2n) is 3.76. The van der Waals surface area contributed by atoms with Gasteiger partial charge in [0.05, 0.1) is 0 Å². The van der Waals surface area contributed by atoms with E-state index in [4.69, 9.17) is 5.73 Å². The molecule has 0 saturated heterocycles. The molecule has 0 atom stereocenters. The lowest BCUT2D eigenvalue weighted by molar-refractivity contribution is -0.113. The predicted octanol–water partition coefficient (Wildman–Crippen LogP) is 3.51. The molecule has 2 aromatic rings. The Bertz CT molecular complexity index is 530. The molecule has 2 nitrogen and oxygen atoms in total. The molecule has 96 valence electrons. The molecule has 2 aromatic carbocycles. The molecule has 0 aliphatic rings. The fourth-order valence-corrected chi connectivity index (χ4v) is 1.33. The molecule has 2 heteroatoms.